The van der Waals surface area contributed by atoms with Gasteiger partial charge in [-0.3, -0.25) is 0 Å². The molecule has 6 bridgehead atoms. The molecule has 8 atom stereocenters. The standard InChI is InChI=1S/C29H41NO/c1-20(2)22-12-16-27(3)23-13-17-28-14-7-11-24(28)29(27,25(22)30-26(23)28)15-8-18-31-19-21-9-5-4-6-10-21/h4-6,9-10,22-26,30H,1,7-8,11-19H2,2-3H3/t22?,23-,24-,25?,26-,27+,28-,29+/m1/s1. The minimum Gasteiger partial charge on any atom is -0.377 e. The zero-order valence-electron chi connectivity index (χ0n) is 19.7. The fourth-order valence-corrected chi connectivity index (χ4v) is 10.2. The van der Waals surface area contributed by atoms with E-state index in [0.717, 1.165) is 31.1 Å². The largest absolute Gasteiger partial charge is 0.377 e. The first-order chi connectivity index (χ1) is 15.0. The van der Waals surface area contributed by atoms with Crippen molar-refractivity contribution >= 4 is 0 Å². The van der Waals surface area contributed by atoms with Crippen LogP contribution < -0.4 is 5.32 Å². The highest BCUT2D eigenvalue weighted by atomic mass is 16.5. The fraction of sp³-hybridized carbons (Fsp3) is 0.724. The van der Waals surface area contributed by atoms with E-state index in [1.807, 2.05) is 0 Å². The van der Waals surface area contributed by atoms with Gasteiger partial charge in [-0.1, -0.05) is 55.8 Å². The number of benzene rings is 1. The van der Waals surface area contributed by atoms with E-state index in [4.69, 9.17) is 4.74 Å². The van der Waals surface area contributed by atoms with Crippen molar-refractivity contribution in [3.63, 3.8) is 0 Å². The van der Waals surface area contributed by atoms with E-state index in [-0.39, 0.29) is 0 Å². The average Bonchev–Trinajstić information content (AvgIpc) is 3.35. The SMILES string of the molecule is C=C(C)C1CC[C@@]2(C)[C@@H]3CC[C@]45CCC[C@H]4[C@@]2(CCCOCc2ccccc2)C1N[C@H]35. The third kappa shape index (κ3) is 2.58. The highest BCUT2D eigenvalue weighted by Crippen LogP contribution is 2.80. The van der Waals surface area contributed by atoms with Gasteiger partial charge in [0, 0.05) is 18.7 Å². The molecule has 1 aromatic carbocycles. The van der Waals surface area contributed by atoms with Crippen LogP contribution in [0.1, 0.15) is 77.2 Å². The van der Waals surface area contributed by atoms with Crippen molar-refractivity contribution in [1.29, 1.82) is 0 Å². The Hall–Kier alpha value is -1.12. The van der Waals surface area contributed by atoms with Crippen LogP contribution in [-0.4, -0.2) is 18.7 Å². The maximum absolute atomic E-state index is 6.18. The molecule has 2 heterocycles. The summed E-state index contributed by atoms with van der Waals surface area (Å²) in [5.74, 6) is 2.49. The van der Waals surface area contributed by atoms with Gasteiger partial charge in [-0.15, -0.1) is 0 Å². The number of piperidine rings is 2. The molecule has 4 saturated carbocycles. The molecule has 1 N–H and O–H groups in total. The first-order valence-electron chi connectivity index (χ1n) is 13.1. The Bertz CT molecular complexity index is 850. The Balaban J connectivity index is 1.28. The molecular weight excluding hydrogens is 378 g/mol. The second kappa shape index (κ2) is 7.19. The second-order valence-electron chi connectivity index (χ2n) is 12.0. The Morgan fingerprint density at radius 1 is 1.10 bits per heavy atom. The van der Waals surface area contributed by atoms with Crippen molar-refractivity contribution in [2.24, 2.45) is 34.0 Å². The first kappa shape index (κ1) is 20.5. The van der Waals surface area contributed by atoms with Gasteiger partial charge in [0.2, 0.25) is 0 Å². The van der Waals surface area contributed by atoms with Gasteiger partial charge in [0.05, 0.1) is 6.61 Å². The van der Waals surface area contributed by atoms with E-state index in [1.165, 1.54) is 68.9 Å². The average molecular weight is 420 g/mol. The maximum Gasteiger partial charge on any atom is 0.0716 e. The molecule has 0 aromatic heterocycles. The van der Waals surface area contributed by atoms with Crippen molar-refractivity contribution in [2.75, 3.05) is 6.61 Å². The van der Waals surface area contributed by atoms with Gasteiger partial charge in [-0.25, -0.2) is 0 Å². The molecule has 2 unspecified atom stereocenters. The highest BCUT2D eigenvalue weighted by Gasteiger charge is 2.79. The van der Waals surface area contributed by atoms with Crippen LogP contribution in [0.25, 0.3) is 0 Å². The maximum atomic E-state index is 6.18. The molecule has 0 radical (unpaired) electrons. The molecule has 31 heavy (non-hydrogen) atoms. The number of rotatable bonds is 7. The molecule has 2 heteroatoms. The van der Waals surface area contributed by atoms with Crippen LogP contribution in [0.3, 0.4) is 0 Å². The third-order valence-corrected chi connectivity index (χ3v) is 11.2. The van der Waals surface area contributed by atoms with E-state index in [2.05, 4.69) is 56.1 Å². The smallest absolute Gasteiger partial charge is 0.0716 e. The van der Waals surface area contributed by atoms with Crippen molar-refractivity contribution in [1.82, 2.24) is 5.32 Å². The Morgan fingerprint density at radius 2 is 1.94 bits per heavy atom. The van der Waals surface area contributed by atoms with E-state index >= 15 is 0 Å². The summed E-state index contributed by atoms with van der Waals surface area (Å²) in [5, 5.41) is 4.37. The van der Waals surface area contributed by atoms with Crippen molar-refractivity contribution in [2.45, 2.75) is 90.3 Å². The number of ether oxygens (including phenoxy) is 1. The molecular formula is C29H41NO. The molecule has 6 aliphatic rings. The summed E-state index contributed by atoms with van der Waals surface area (Å²) in [6, 6.07) is 12.1. The van der Waals surface area contributed by atoms with Crippen LogP contribution >= 0.6 is 0 Å². The van der Waals surface area contributed by atoms with Gasteiger partial charge < -0.3 is 10.1 Å². The van der Waals surface area contributed by atoms with Crippen molar-refractivity contribution in [3.8, 4) is 0 Å². The molecule has 6 fully saturated rings. The van der Waals surface area contributed by atoms with Crippen molar-refractivity contribution in [3.05, 3.63) is 48.0 Å². The lowest BCUT2D eigenvalue weighted by Crippen LogP contribution is -2.80. The fourth-order valence-electron chi connectivity index (χ4n) is 10.2. The third-order valence-electron chi connectivity index (χ3n) is 11.2. The summed E-state index contributed by atoms with van der Waals surface area (Å²) in [6.07, 6.45) is 12.7. The first-order valence-corrected chi connectivity index (χ1v) is 13.1. The van der Waals surface area contributed by atoms with Crippen LogP contribution in [0, 0.1) is 34.0 Å². The molecule has 0 amide bonds. The Labute approximate surface area is 189 Å². The van der Waals surface area contributed by atoms with E-state index in [9.17, 15) is 0 Å². The molecule has 2 nitrogen and oxygen atoms in total. The lowest BCUT2D eigenvalue weighted by molar-refractivity contribution is -0.240. The van der Waals surface area contributed by atoms with Gasteiger partial charge in [-0.05, 0) is 97.9 Å². The zero-order chi connectivity index (χ0) is 21.3. The monoisotopic (exact) mass is 419 g/mol. The Morgan fingerprint density at radius 3 is 2.74 bits per heavy atom. The van der Waals surface area contributed by atoms with E-state index < -0.39 is 0 Å². The highest BCUT2D eigenvalue weighted by molar-refractivity contribution is 5.32. The summed E-state index contributed by atoms with van der Waals surface area (Å²) >= 11 is 0. The topological polar surface area (TPSA) is 21.3 Å². The van der Waals surface area contributed by atoms with Gasteiger partial charge >= 0.3 is 0 Å². The predicted molar refractivity (Wildman–Crippen MR) is 127 cm³/mol. The molecule has 2 aliphatic heterocycles. The molecule has 7 rings (SSSR count). The number of hydrogen-bond donors (Lipinski definition) is 1. The van der Waals surface area contributed by atoms with Gasteiger partial charge in [0.25, 0.3) is 0 Å². The van der Waals surface area contributed by atoms with Crippen LogP contribution in [0.2, 0.25) is 0 Å². The number of nitrogens with one attached hydrogen (secondary N) is 1. The van der Waals surface area contributed by atoms with Crippen LogP contribution in [0.5, 0.6) is 0 Å². The van der Waals surface area contributed by atoms with Gasteiger partial charge in [0.1, 0.15) is 0 Å². The summed E-state index contributed by atoms with van der Waals surface area (Å²) in [5.41, 5.74) is 4.28. The van der Waals surface area contributed by atoms with Crippen LogP contribution in [0.4, 0.5) is 0 Å². The molecule has 1 aromatic rings. The van der Waals surface area contributed by atoms with E-state index in [0.29, 0.717) is 28.2 Å². The second-order valence-corrected chi connectivity index (χ2v) is 12.0. The summed E-state index contributed by atoms with van der Waals surface area (Å²) in [7, 11) is 0. The zero-order valence-corrected chi connectivity index (χ0v) is 19.7. The minimum atomic E-state index is 0.442. The Kier molecular flexibility index (Phi) is 4.75. The van der Waals surface area contributed by atoms with Gasteiger partial charge in [0.15, 0.2) is 0 Å². The normalized spacial score (nSPS) is 46.8. The summed E-state index contributed by atoms with van der Waals surface area (Å²) in [4.78, 5) is 0. The molecule has 4 aliphatic carbocycles. The van der Waals surface area contributed by atoms with Crippen LogP contribution in [-0.2, 0) is 11.3 Å². The van der Waals surface area contributed by atoms with Gasteiger partial charge in [-0.2, -0.15) is 0 Å². The lowest BCUT2D eigenvalue weighted by Gasteiger charge is -2.75. The molecule has 168 valence electrons. The van der Waals surface area contributed by atoms with Crippen LogP contribution in [0.15, 0.2) is 42.5 Å². The number of hydrogen-bond acceptors (Lipinski definition) is 2. The quantitative estimate of drug-likeness (QED) is 0.402. The predicted octanol–water partition coefficient (Wildman–Crippen LogP) is 6.51. The van der Waals surface area contributed by atoms with Crippen molar-refractivity contribution < 1.29 is 4.74 Å². The summed E-state index contributed by atoms with van der Waals surface area (Å²) < 4.78 is 6.18. The lowest BCUT2D eigenvalue weighted by atomic mass is 9.34. The molecule has 1 spiro atoms. The molecule has 2 saturated heterocycles. The minimum absolute atomic E-state index is 0.442. The van der Waals surface area contributed by atoms with E-state index in [1.54, 1.807) is 0 Å². The summed E-state index contributed by atoms with van der Waals surface area (Å²) in [6.45, 7) is 11.1.